The molecule has 3 aliphatic carbocycles. The highest BCUT2D eigenvalue weighted by molar-refractivity contribution is 5.94. The molecule has 0 amide bonds. The van der Waals surface area contributed by atoms with Gasteiger partial charge in [-0.1, -0.05) is 37.6 Å². The van der Waals surface area contributed by atoms with Gasteiger partial charge in [-0.3, -0.25) is 9.59 Å². The van der Waals surface area contributed by atoms with Gasteiger partial charge in [0, 0.05) is 33.0 Å². The van der Waals surface area contributed by atoms with Gasteiger partial charge in [-0.15, -0.1) is 0 Å². The van der Waals surface area contributed by atoms with Crippen molar-refractivity contribution >= 4 is 17.7 Å². The van der Waals surface area contributed by atoms with Crippen molar-refractivity contribution < 1.29 is 43.2 Å². The molecule has 0 unspecified atom stereocenters. The Kier molecular flexibility index (Phi) is 7.05. The van der Waals surface area contributed by atoms with Crippen LogP contribution in [0.15, 0.2) is 41.5 Å². The maximum atomic E-state index is 14.9. The van der Waals surface area contributed by atoms with Gasteiger partial charge < -0.3 is 28.8 Å². The van der Waals surface area contributed by atoms with E-state index < -0.39 is 64.3 Å². The van der Waals surface area contributed by atoms with Crippen molar-refractivity contribution in [3.05, 3.63) is 47.0 Å². The van der Waals surface area contributed by atoms with Crippen LogP contribution in [0.3, 0.4) is 0 Å². The molecular formula is C31H40O9. The molecule has 1 N–H and O–H groups in total. The smallest absolute Gasteiger partial charge is 0.338 e. The molecule has 9 nitrogen and oxygen atoms in total. The number of carbonyl (C=O) groups excluding carboxylic acids is 3. The lowest BCUT2D eigenvalue weighted by molar-refractivity contribution is -0.346. The molecule has 8 atom stereocenters. The van der Waals surface area contributed by atoms with Crippen LogP contribution in [0, 0.1) is 16.7 Å². The summed E-state index contributed by atoms with van der Waals surface area (Å²) < 4.78 is 30.3. The first-order valence-corrected chi connectivity index (χ1v) is 13.9. The van der Waals surface area contributed by atoms with E-state index in [1.807, 2.05) is 20.8 Å². The van der Waals surface area contributed by atoms with Crippen LogP contribution in [-0.2, 0) is 33.3 Å². The van der Waals surface area contributed by atoms with E-state index in [1.165, 1.54) is 21.1 Å². The molecule has 0 aromatic heterocycles. The molecule has 4 aliphatic rings. The zero-order valence-electron chi connectivity index (χ0n) is 24.3. The van der Waals surface area contributed by atoms with Gasteiger partial charge in [0.15, 0.2) is 11.4 Å². The highest BCUT2D eigenvalue weighted by atomic mass is 16.6. The van der Waals surface area contributed by atoms with E-state index in [2.05, 4.69) is 0 Å². The Hall–Kier alpha value is -2.59. The molecule has 1 heterocycles. The van der Waals surface area contributed by atoms with Crippen molar-refractivity contribution in [1.82, 2.24) is 0 Å². The maximum absolute atomic E-state index is 14.9. The lowest BCUT2D eigenvalue weighted by Gasteiger charge is -2.67. The Morgan fingerprint density at radius 3 is 2.30 bits per heavy atom. The molecule has 9 heteroatoms. The zero-order valence-corrected chi connectivity index (χ0v) is 24.3. The van der Waals surface area contributed by atoms with Crippen molar-refractivity contribution in [2.75, 3.05) is 20.8 Å². The maximum Gasteiger partial charge on any atom is 0.338 e. The number of hydrogen-bond donors (Lipinski definition) is 1. The van der Waals surface area contributed by atoms with Crippen LogP contribution in [0.5, 0.6) is 0 Å². The molecule has 1 saturated heterocycles. The highest BCUT2D eigenvalue weighted by Gasteiger charge is 2.77. The minimum Gasteiger partial charge on any atom is -0.455 e. The SMILES string of the molecule is CO[C@H]1C(=O)[C@]2(C)[C@@H](OC)C[C@H]3OC[C@@]3(OC(C)=O)[C@H]2[C@H](OC(=O)c2ccccc2)[C@]2(O)CCC(C)=C1C2(C)C. The van der Waals surface area contributed by atoms with E-state index in [4.69, 9.17) is 23.7 Å². The highest BCUT2D eigenvalue weighted by Crippen LogP contribution is 2.64. The molecule has 1 aromatic carbocycles. The van der Waals surface area contributed by atoms with Gasteiger partial charge >= 0.3 is 11.9 Å². The van der Waals surface area contributed by atoms with E-state index in [1.54, 1.807) is 37.3 Å². The fourth-order valence-corrected chi connectivity index (χ4v) is 8.20. The monoisotopic (exact) mass is 556 g/mol. The van der Waals surface area contributed by atoms with Gasteiger partial charge in [0.25, 0.3) is 0 Å². The molecule has 1 aliphatic heterocycles. The van der Waals surface area contributed by atoms with Crippen LogP contribution in [-0.4, -0.2) is 79.3 Å². The first kappa shape index (κ1) is 28.9. The van der Waals surface area contributed by atoms with Gasteiger partial charge in [0.2, 0.25) is 0 Å². The predicted molar refractivity (Wildman–Crippen MR) is 143 cm³/mol. The molecule has 40 heavy (non-hydrogen) atoms. The normalized spacial score (nSPS) is 40.1. The largest absolute Gasteiger partial charge is 0.455 e. The van der Waals surface area contributed by atoms with E-state index in [0.717, 1.165) is 5.57 Å². The summed E-state index contributed by atoms with van der Waals surface area (Å²) in [5, 5.41) is 12.9. The molecule has 218 valence electrons. The van der Waals surface area contributed by atoms with E-state index in [9.17, 15) is 19.5 Å². The number of fused-ring (bicyclic) bond motifs is 5. The van der Waals surface area contributed by atoms with Crippen LogP contribution in [0.2, 0.25) is 0 Å². The van der Waals surface area contributed by atoms with Crippen molar-refractivity contribution in [3.8, 4) is 0 Å². The second kappa shape index (κ2) is 9.76. The van der Waals surface area contributed by atoms with E-state index in [0.29, 0.717) is 17.6 Å². The summed E-state index contributed by atoms with van der Waals surface area (Å²) in [5.41, 5.74) is -3.49. The van der Waals surface area contributed by atoms with Gasteiger partial charge in [0.05, 0.1) is 29.6 Å². The molecule has 5 rings (SSSR count). The predicted octanol–water partition coefficient (Wildman–Crippen LogP) is 3.42. The van der Waals surface area contributed by atoms with E-state index in [-0.39, 0.29) is 25.2 Å². The number of benzene rings is 1. The van der Waals surface area contributed by atoms with Crippen molar-refractivity contribution in [1.29, 1.82) is 0 Å². The van der Waals surface area contributed by atoms with Crippen molar-refractivity contribution in [2.24, 2.45) is 16.7 Å². The number of ether oxygens (including phenoxy) is 5. The third kappa shape index (κ3) is 3.77. The second-order valence-electron chi connectivity index (χ2n) is 12.5. The zero-order chi connectivity index (χ0) is 29.3. The number of methoxy groups -OCH3 is 2. The first-order valence-electron chi connectivity index (χ1n) is 13.9. The lowest BCUT2D eigenvalue weighted by Crippen LogP contribution is -2.81. The Morgan fingerprint density at radius 2 is 1.75 bits per heavy atom. The summed E-state index contributed by atoms with van der Waals surface area (Å²) in [4.78, 5) is 41.2. The average molecular weight is 557 g/mol. The number of carbonyl (C=O) groups is 3. The third-order valence-corrected chi connectivity index (χ3v) is 10.3. The first-order chi connectivity index (χ1) is 18.8. The molecule has 0 radical (unpaired) electrons. The summed E-state index contributed by atoms with van der Waals surface area (Å²) in [6.45, 7) is 8.74. The Bertz CT molecular complexity index is 1240. The van der Waals surface area contributed by atoms with Crippen molar-refractivity contribution in [2.45, 2.75) is 89.5 Å². The van der Waals surface area contributed by atoms with Crippen LogP contribution in [0.25, 0.3) is 0 Å². The summed E-state index contributed by atoms with van der Waals surface area (Å²) in [6, 6.07) is 8.52. The summed E-state index contributed by atoms with van der Waals surface area (Å²) in [7, 11) is 3.01. The van der Waals surface area contributed by atoms with Crippen LogP contribution < -0.4 is 0 Å². The number of Topliss-reactive ketones (excluding diaryl/α,β-unsaturated/α-hetero) is 1. The molecule has 0 spiro atoms. The number of allylic oxidation sites excluding steroid dienone is 1. The molecular weight excluding hydrogens is 516 g/mol. The lowest BCUT2D eigenvalue weighted by atomic mass is 9.45. The fourth-order valence-electron chi connectivity index (χ4n) is 8.20. The Labute approximate surface area is 235 Å². The molecule has 2 saturated carbocycles. The van der Waals surface area contributed by atoms with Gasteiger partial charge in [-0.05, 0) is 44.4 Å². The summed E-state index contributed by atoms with van der Waals surface area (Å²) >= 11 is 0. The minimum absolute atomic E-state index is 0.00349. The van der Waals surface area contributed by atoms with Crippen LogP contribution in [0.1, 0.15) is 64.2 Å². The Balaban J connectivity index is 1.82. The number of aliphatic hydroxyl groups is 1. The van der Waals surface area contributed by atoms with Crippen molar-refractivity contribution in [3.63, 3.8) is 0 Å². The summed E-state index contributed by atoms with van der Waals surface area (Å²) in [6.07, 6.45) is -2.53. The summed E-state index contributed by atoms with van der Waals surface area (Å²) in [5.74, 6) is -2.46. The standard InChI is InChI=1S/C31H40O9/c1-17-13-14-31(35)26(39-27(34)19-11-9-8-10-12-19)24-29(5,25(33)23(37-7)22(17)28(31,3)4)20(36-6)15-21-30(24,16-38-21)40-18(2)32/h8-12,20-21,23-24,26,35H,13-16H2,1-7H3/t20-,21+,23+,24-,26-,29+,30-,31+/m0/s1. The topological polar surface area (TPSA) is 118 Å². The minimum atomic E-state index is -1.65. The van der Waals surface area contributed by atoms with Crippen LogP contribution in [0.4, 0.5) is 0 Å². The van der Waals surface area contributed by atoms with Gasteiger partial charge in [0.1, 0.15) is 23.9 Å². The number of rotatable bonds is 5. The van der Waals surface area contributed by atoms with Gasteiger partial charge in [-0.25, -0.2) is 4.79 Å². The molecule has 1 aromatic rings. The quantitative estimate of drug-likeness (QED) is 0.430. The fraction of sp³-hybridized carbons (Fsp3) is 0.645. The molecule has 2 bridgehead atoms. The van der Waals surface area contributed by atoms with Crippen LogP contribution >= 0.6 is 0 Å². The van der Waals surface area contributed by atoms with Gasteiger partial charge in [-0.2, -0.15) is 0 Å². The number of hydrogen-bond acceptors (Lipinski definition) is 9. The number of esters is 2. The third-order valence-electron chi connectivity index (χ3n) is 10.3. The Morgan fingerprint density at radius 1 is 1.07 bits per heavy atom. The average Bonchev–Trinajstić information content (AvgIpc) is 2.90. The number of ketones is 1. The van der Waals surface area contributed by atoms with E-state index >= 15 is 0 Å². The second-order valence-corrected chi connectivity index (χ2v) is 12.5. The molecule has 3 fully saturated rings.